The summed E-state index contributed by atoms with van der Waals surface area (Å²) >= 11 is 0. The van der Waals surface area contributed by atoms with Crippen LogP contribution in [0.2, 0.25) is 0 Å². The number of fused-ring (bicyclic) bond motifs is 2. The Morgan fingerprint density at radius 1 is 1.11 bits per heavy atom. The first kappa shape index (κ1) is 16.6. The molecule has 3 heterocycles. The molecule has 6 nitrogen and oxygen atoms in total. The third-order valence-electron chi connectivity index (χ3n) is 5.50. The van der Waals surface area contributed by atoms with E-state index in [1.165, 1.54) is 4.90 Å². The minimum atomic E-state index is -0.913. The zero-order valence-electron chi connectivity index (χ0n) is 15.7. The molecule has 1 aliphatic rings. The number of aromatic nitrogens is 3. The van der Waals surface area contributed by atoms with Crippen molar-refractivity contribution in [2.24, 2.45) is 0 Å². The summed E-state index contributed by atoms with van der Waals surface area (Å²) in [5.41, 5.74) is 8.23. The Labute approximate surface area is 162 Å². The molecule has 1 aliphatic heterocycles. The van der Waals surface area contributed by atoms with E-state index in [0.29, 0.717) is 13.1 Å². The van der Waals surface area contributed by atoms with Crippen molar-refractivity contribution in [3.05, 3.63) is 71.0 Å². The Kier molecular flexibility index (Phi) is 3.55. The Morgan fingerprint density at radius 2 is 1.89 bits per heavy atom. The molecule has 5 rings (SSSR count). The molecule has 140 valence electrons. The molecular formula is C22H20N4O2. The van der Waals surface area contributed by atoms with Crippen molar-refractivity contribution < 1.29 is 9.90 Å². The fourth-order valence-electron chi connectivity index (χ4n) is 4.15. The van der Waals surface area contributed by atoms with Gasteiger partial charge in [-0.1, -0.05) is 24.3 Å². The molecule has 0 atom stereocenters. The lowest BCUT2D eigenvalue weighted by molar-refractivity contribution is 0.144. The second-order valence-electron chi connectivity index (χ2n) is 7.34. The molecule has 0 spiro atoms. The van der Waals surface area contributed by atoms with E-state index in [-0.39, 0.29) is 0 Å². The maximum Gasteiger partial charge on any atom is 0.407 e. The van der Waals surface area contributed by atoms with Gasteiger partial charge in [-0.05, 0) is 43.2 Å². The molecule has 0 unspecified atom stereocenters. The van der Waals surface area contributed by atoms with E-state index in [4.69, 9.17) is 5.10 Å². The van der Waals surface area contributed by atoms with Crippen LogP contribution in [0, 0.1) is 13.8 Å². The average molecular weight is 372 g/mol. The standard InChI is InChI=1S/C22H20N4O2/c1-13-4-3-5-14(2)20(13)26-21(16-6-7-18-15(10-16)8-9-23-18)17-11-25(22(27)28)12-19(17)24-26/h3-10,23H,11-12H2,1-2H3,(H,27,28). The highest BCUT2D eigenvalue weighted by Gasteiger charge is 2.31. The summed E-state index contributed by atoms with van der Waals surface area (Å²) in [6, 6.07) is 14.5. The lowest BCUT2D eigenvalue weighted by Crippen LogP contribution is -2.24. The first-order chi connectivity index (χ1) is 13.5. The van der Waals surface area contributed by atoms with Gasteiger partial charge in [0.25, 0.3) is 0 Å². The smallest absolute Gasteiger partial charge is 0.407 e. The summed E-state index contributed by atoms with van der Waals surface area (Å²) in [4.78, 5) is 16.1. The number of para-hydroxylation sites is 1. The number of carboxylic acid groups (broad SMARTS) is 1. The third kappa shape index (κ3) is 2.41. The van der Waals surface area contributed by atoms with Gasteiger partial charge < -0.3 is 10.1 Å². The van der Waals surface area contributed by atoms with Gasteiger partial charge in [-0.3, -0.25) is 4.90 Å². The molecule has 0 radical (unpaired) electrons. The van der Waals surface area contributed by atoms with Gasteiger partial charge in [0, 0.05) is 28.2 Å². The van der Waals surface area contributed by atoms with Crippen LogP contribution in [0.25, 0.3) is 27.8 Å². The molecule has 1 amide bonds. The van der Waals surface area contributed by atoms with E-state index >= 15 is 0 Å². The van der Waals surface area contributed by atoms with E-state index < -0.39 is 6.09 Å². The first-order valence-corrected chi connectivity index (χ1v) is 9.25. The molecule has 0 aliphatic carbocycles. The van der Waals surface area contributed by atoms with Crippen LogP contribution >= 0.6 is 0 Å². The van der Waals surface area contributed by atoms with Crippen LogP contribution in [0.3, 0.4) is 0 Å². The predicted molar refractivity (Wildman–Crippen MR) is 108 cm³/mol. The Hall–Kier alpha value is -3.54. The molecule has 0 saturated carbocycles. The van der Waals surface area contributed by atoms with E-state index in [1.54, 1.807) is 0 Å². The van der Waals surface area contributed by atoms with Crippen LogP contribution in [0.1, 0.15) is 22.4 Å². The van der Waals surface area contributed by atoms with Crippen LogP contribution in [0.4, 0.5) is 4.79 Å². The van der Waals surface area contributed by atoms with Gasteiger partial charge in [-0.15, -0.1) is 0 Å². The number of amides is 1. The highest BCUT2D eigenvalue weighted by Crippen LogP contribution is 2.37. The van der Waals surface area contributed by atoms with E-state index in [0.717, 1.165) is 50.2 Å². The number of hydrogen-bond donors (Lipinski definition) is 2. The summed E-state index contributed by atoms with van der Waals surface area (Å²) < 4.78 is 2.00. The van der Waals surface area contributed by atoms with Crippen LogP contribution < -0.4 is 0 Å². The van der Waals surface area contributed by atoms with Crippen molar-refractivity contribution in [1.82, 2.24) is 19.7 Å². The predicted octanol–water partition coefficient (Wildman–Crippen LogP) is 4.63. The highest BCUT2D eigenvalue weighted by atomic mass is 16.4. The number of rotatable bonds is 2. The zero-order chi connectivity index (χ0) is 19.4. The molecule has 2 N–H and O–H groups in total. The maximum absolute atomic E-state index is 11.5. The molecule has 0 bridgehead atoms. The van der Waals surface area contributed by atoms with Gasteiger partial charge in [0.15, 0.2) is 0 Å². The molecule has 2 aromatic carbocycles. The summed E-state index contributed by atoms with van der Waals surface area (Å²) in [5.74, 6) is 0. The van der Waals surface area contributed by atoms with Crippen molar-refractivity contribution >= 4 is 17.0 Å². The lowest BCUT2D eigenvalue weighted by atomic mass is 10.0. The molecule has 0 fully saturated rings. The molecule has 0 saturated heterocycles. The number of hydrogen-bond acceptors (Lipinski definition) is 2. The number of carbonyl (C=O) groups is 1. The normalized spacial score (nSPS) is 13.3. The van der Waals surface area contributed by atoms with Crippen LogP contribution in [0.5, 0.6) is 0 Å². The lowest BCUT2D eigenvalue weighted by Gasteiger charge is -2.17. The quantitative estimate of drug-likeness (QED) is 0.539. The van der Waals surface area contributed by atoms with E-state index in [2.05, 4.69) is 49.2 Å². The van der Waals surface area contributed by atoms with E-state index in [9.17, 15) is 9.90 Å². The fraction of sp³-hybridized carbons (Fsp3) is 0.182. The topological polar surface area (TPSA) is 74.2 Å². The van der Waals surface area contributed by atoms with Gasteiger partial charge in [0.2, 0.25) is 0 Å². The van der Waals surface area contributed by atoms with Gasteiger partial charge in [-0.2, -0.15) is 5.10 Å². The molecule has 6 heteroatoms. The Bertz CT molecular complexity index is 1210. The van der Waals surface area contributed by atoms with E-state index in [1.807, 2.05) is 23.0 Å². The van der Waals surface area contributed by atoms with Crippen LogP contribution in [-0.2, 0) is 13.1 Å². The number of nitrogens with one attached hydrogen (secondary N) is 1. The number of H-pyrrole nitrogens is 1. The SMILES string of the molecule is Cc1cccc(C)c1-n1nc2c(c1-c1ccc3[nH]ccc3c1)CN(C(=O)O)C2. The molecule has 2 aromatic heterocycles. The van der Waals surface area contributed by atoms with Gasteiger partial charge in [0.05, 0.1) is 30.2 Å². The van der Waals surface area contributed by atoms with Gasteiger partial charge in [-0.25, -0.2) is 9.48 Å². The molecular weight excluding hydrogens is 352 g/mol. The maximum atomic E-state index is 11.5. The van der Waals surface area contributed by atoms with Gasteiger partial charge in [0.1, 0.15) is 0 Å². The fourth-order valence-corrected chi connectivity index (χ4v) is 4.15. The van der Waals surface area contributed by atoms with Crippen molar-refractivity contribution in [3.63, 3.8) is 0 Å². The van der Waals surface area contributed by atoms with Crippen molar-refractivity contribution in [2.75, 3.05) is 0 Å². The number of aromatic amines is 1. The zero-order valence-corrected chi connectivity index (χ0v) is 15.7. The summed E-state index contributed by atoms with van der Waals surface area (Å²) in [5, 5.41) is 15.4. The van der Waals surface area contributed by atoms with Crippen molar-refractivity contribution in [2.45, 2.75) is 26.9 Å². The van der Waals surface area contributed by atoms with Crippen LogP contribution in [-0.4, -0.2) is 30.9 Å². The second kappa shape index (κ2) is 5.99. The highest BCUT2D eigenvalue weighted by molar-refractivity contribution is 5.85. The Morgan fingerprint density at radius 3 is 2.64 bits per heavy atom. The first-order valence-electron chi connectivity index (χ1n) is 9.25. The average Bonchev–Trinajstić information content (AvgIpc) is 3.34. The summed E-state index contributed by atoms with van der Waals surface area (Å²) in [6.07, 6.45) is 1.01. The Balaban J connectivity index is 1.77. The largest absolute Gasteiger partial charge is 0.465 e. The van der Waals surface area contributed by atoms with Gasteiger partial charge >= 0.3 is 6.09 Å². The number of aryl methyl sites for hydroxylation is 2. The van der Waals surface area contributed by atoms with Crippen LogP contribution in [0.15, 0.2) is 48.7 Å². The van der Waals surface area contributed by atoms with Crippen molar-refractivity contribution in [3.8, 4) is 16.9 Å². The van der Waals surface area contributed by atoms with Crippen molar-refractivity contribution in [1.29, 1.82) is 0 Å². The minimum absolute atomic E-state index is 0.321. The minimum Gasteiger partial charge on any atom is -0.465 e. The summed E-state index contributed by atoms with van der Waals surface area (Å²) in [6.45, 7) is 4.84. The second-order valence-corrected chi connectivity index (χ2v) is 7.34. The third-order valence-corrected chi connectivity index (χ3v) is 5.50. The summed E-state index contributed by atoms with van der Waals surface area (Å²) in [7, 11) is 0. The number of nitrogens with zero attached hydrogens (tertiary/aromatic N) is 3. The molecule has 28 heavy (non-hydrogen) atoms. The number of benzene rings is 2. The molecule has 4 aromatic rings. The monoisotopic (exact) mass is 372 g/mol.